The van der Waals surface area contributed by atoms with E-state index in [4.69, 9.17) is 0 Å². The molecule has 68 valence electrons. The molecule has 2 heteroatoms. The summed E-state index contributed by atoms with van der Waals surface area (Å²) in [6, 6.07) is 9.50. The van der Waals surface area contributed by atoms with Crippen LogP contribution in [0.25, 0.3) is 0 Å². The highest BCUT2D eigenvalue weighted by atomic mass is 16.1. The fraction of sp³-hybridized carbons (Fsp3) is 0.364. The van der Waals surface area contributed by atoms with Gasteiger partial charge in [-0.2, -0.15) is 0 Å². The number of carbonyl (C=O) groups excluding carboxylic acids is 1. The summed E-state index contributed by atoms with van der Waals surface area (Å²) in [5, 5.41) is 3.13. The molecule has 1 heterocycles. The minimum Gasteiger partial charge on any atom is -0.315 e. The van der Waals surface area contributed by atoms with Crippen LogP contribution < -0.4 is 5.32 Å². The summed E-state index contributed by atoms with van der Waals surface area (Å²) in [6.45, 7) is 3.63. The second kappa shape index (κ2) is 2.96. The minimum absolute atomic E-state index is 0.165. The zero-order valence-corrected chi connectivity index (χ0v) is 7.71. The van der Waals surface area contributed by atoms with Gasteiger partial charge < -0.3 is 5.32 Å². The van der Waals surface area contributed by atoms with Gasteiger partial charge in [0.15, 0.2) is 5.78 Å². The molecule has 0 atom stereocenters. The summed E-state index contributed by atoms with van der Waals surface area (Å²) in [4.78, 5) is 11.9. The number of hydrogen-bond donors (Lipinski definition) is 1. The Morgan fingerprint density at radius 3 is 2.38 bits per heavy atom. The SMILES string of the molecule is CC1(C(=O)c2ccccc2)CNC1. The Bertz CT molecular complexity index is 314. The van der Waals surface area contributed by atoms with E-state index < -0.39 is 0 Å². The molecule has 1 saturated heterocycles. The standard InChI is InChI=1S/C11H13NO/c1-11(7-12-8-11)10(13)9-5-3-2-4-6-9/h2-6,12H,7-8H2,1H3. The molecule has 13 heavy (non-hydrogen) atoms. The smallest absolute Gasteiger partial charge is 0.171 e. The topological polar surface area (TPSA) is 29.1 Å². The van der Waals surface area contributed by atoms with Crippen molar-refractivity contribution in [3.63, 3.8) is 0 Å². The monoisotopic (exact) mass is 175 g/mol. The molecule has 0 bridgehead atoms. The summed E-state index contributed by atoms with van der Waals surface area (Å²) in [7, 11) is 0. The highest BCUT2D eigenvalue weighted by Crippen LogP contribution is 2.26. The number of Topliss-reactive ketones (excluding diaryl/α,β-unsaturated/α-hetero) is 1. The minimum atomic E-state index is -0.165. The fourth-order valence-corrected chi connectivity index (χ4v) is 1.60. The first kappa shape index (κ1) is 8.45. The van der Waals surface area contributed by atoms with Gasteiger partial charge in [0.25, 0.3) is 0 Å². The Morgan fingerprint density at radius 1 is 1.31 bits per heavy atom. The lowest BCUT2D eigenvalue weighted by atomic mass is 9.77. The highest BCUT2D eigenvalue weighted by Gasteiger charge is 2.39. The molecule has 0 unspecified atom stereocenters. The lowest BCUT2D eigenvalue weighted by Gasteiger charge is -2.37. The van der Waals surface area contributed by atoms with Gasteiger partial charge in [0.05, 0.1) is 5.41 Å². The molecule has 0 saturated carbocycles. The lowest BCUT2D eigenvalue weighted by molar-refractivity contribution is 0.0722. The average molecular weight is 175 g/mol. The number of nitrogens with one attached hydrogen (secondary N) is 1. The number of hydrogen-bond acceptors (Lipinski definition) is 2. The van der Waals surface area contributed by atoms with Crippen LogP contribution in [0.4, 0.5) is 0 Å². The van der Waals surface area contributed by atoms with Crippen molar-refractivity contribution in [2.45, 2.75) is 6.92 Å². The summed E-state index contributed by atoms with van der Waals surface area (Å²) in [5.41, 5.74) is 0.660. The van der Waals surface area contributed by atoms with Crippen LogP contribution in [0.3, 0.4) is 0 Å². The molecule has 0 spiro atoms. The van der Waals surface area contributed by atoms with Gasteiger partial charge in [0, 0.05) is 18.7 Å². The zero-order valence-electron chi connectivity index (χ0n) is 7.71. The maximum Gasteiger partial charge on any atom is 0.171 e. The molecule has 0 aliphatic carbocycles. The Kier molecular flexibility index (Phi) is 1.93. The van der Waals surface area contributed by atoms with Gasteiger partial charge in [-0.15, -0.1) is 0 Å². The van der Waals surface area contributed by atoms with Gasteiger partial charge in [-0.05, 0) is 6.92 Å². The Hall–Kier alpha value is -1.15. The second-order valence-corrected chi connectivity index (χ2v) is 3.86. The largest absolute Gasteiger partial charge is 0.315 e. The molecule has 0 aromatic heterocycles. The predicted octanol–water partition coefficient (Wildman–Crippen LogP) is 1.48. The van der Waals surface area contributed by atoms with Crippen LogP contribution in [0.1, 0.15) is 17.3 Å². The van der Waals surface area contributed by atoms with Crippen LogP contribution in [0.15, 0.2) is 30.3 Å². The van der Waals surface area contributed by atoms with E-state index in [1.165, 1.54) is 0 Å². The summed E-state index contributed by atoms with van der Waals surface area (Å²) >= 11 is 0. The van der Waals surface area contributed by atoms with Crippen LogP contribution in [0.2, 0.25) is 0 Å². The van der Waals surface area contributed by atoms with Gasteiger partial charge in [0.2, 0.25) is 0 Å². The molecular formula is C11H13NO. The number of carbonyl (C=O) groups is 1. The molecule has 1 aliphatic heterocycles. The summed E-state index contributed by atoms with van der Waals surface area (Å²) in [6.07, 6.45) is 0. The van der Waals surface area contributed by atoms with Crippen LogP contribution in [-0.4, -0.2) is 18.9 Å². The molecule has 2 rings (SSSR count). The van der Waals surface area contributed by atoms with Crippen molar-refractivity contribution in [1.29, 1.82) is 0 Å². The Labute approximate surface area is 78.0 Å². The van der Waals surface area contributed by atoms with Gasteiger partial charge in [-0.3, -0.25) is 4.79 Å². The van der Waals surface area contributed by atoms with Crippen molar-refractivity contribution >= 4 is 5.78 Å². The fourth-order valence-electron chi connectivity index (χ4n) is 1.60. The normalized spacial score (nSPS) is 19.2. The number of rotatable bonds is 2. The molecule has 1 fully saturated rings. The van der Waals surface area contributed by atoms with E-state index in [0.29, 0.717) is 0 Å². The van der Waals surface area contributed by atoms with Crippen LogP contribution in [-0.2, 0) is 0 Å². The predicted molar refractivity (Wildman–Crippen MR) is 51.7 cm³/mol. The molecule has 2 nitrogen and oxygen atoms in total. The first-order valence-electron chi connectivity index (χ1n) is 4.53. The van der Waals surface area contributed by atoms with Crippen LogP contribution >= 0.6 is 0 Å². The maximum atomic E-state index is 11.9. The summed E-state index contributed by atoms with van der Waals surface area (Å²) in [5.74, 6) is 0.256. The quantitative estimate of drug-likeness (QED) is 0.690. The second-order valence-electron chi connectivity index (χ2n) is 3.86. The first-order valence-corrected chi connectivity index (χ1v) is 4.53. The van der Waals surface area contributed by atoms with Crippen LogP contribution in [0.5, 0.6) is 0 Å². The molecule has 1 aromatic carbocycles. The Morgan fingerprint density at radius 2 is 1.92 bits per heavy atom. The third kappa shape index (κ3) is 1.38. The van der Waals surface area contributed by atoms with E-state index in [1.807, 2.05) is 37.3 Å². The molecule has 0 amide bonds. The molecule has 1 N–H and O–H groups in total. The van der Waals surface area contributed by atoms with E-state index in [9.17, 15) is 4.79 Å². The Balaban J connectivity index is 2.23. The summed E-state index contributed by atoms with van der Waals surface area (Å²) < 4.78 is 0. The van der Waals surface area contributed by atoms with Crippen molar-refractivity contribution < 1.29 is 4.79 Å². The van der Waals surface area contributed by atoms with E-state index in [2.05, 4.69) is 5.32 Å². The van der Waals surface area contributed by atoms with Crippen molar-refractivity contribution in [3.05, 3.63) is 35.9 Å². The van der Waals surface area contributed by atoms with Crippen LogP contribution in [0, 0.1) is 5.41 Å². The van der Waals surface area contributed by atoms with Crippen molar-refractivity contribution in [1.82, 2.24) is 5.32 Å². The molecule has 1 aromatic rings. The van der Waals surface area contributed by atoms with Crippen molar-refractivity contribution in [2.75, 3.05) is 13.1 Å². The number of ketones is 1. The third-order valence-electron chi connectivity index (χ3n) is 2.61. The van der Waals surface area contributed by atoms with Gasteiger partial charge >= 0.3 is 0 Å². The van der Waals surface area contributed by atoms with Gasteiger partial charge in [0.1, 0.15) is 0 Å². The third-order valence-corrected chi connectivity index (χ3v) is 2.61. The average Bonchev–Trinajstić information content (AvgIpc) is 2.14. The number of benzene rings is 1. The van der Waals surface area contributed by atoms with Gasteiger partial charge in [-0.25, -0.2) is 0 Å². The van der Waals surface area contributed by atoms with Crippen molar-refractivity contribution in [3.8, 4) is 0 Å². The van der Waals surface area contributed by atoms with E-state index in [0.717, 1.165) is 18.7 Å². The van der Waals surface area contributed by atoms with E-state index in [-0.39, 0.29) is 11.2 Å². The maximum absolute atomic E-state index is 11.9. The highest BCUT2D eigenvalue weighted by molar-refractivity contribution is 6.01. The first-order chi connectivity index (χ1) is 6.22. The van der Waals surface area contributed by atoms with E-state index >= 15 is 0 Å². The molecule has 1 aliphatic rings. The molecule has 0 radical (unpaired) electrons. The van der Waals surface area contributed by atoms with Gasteiger partial charge in [-0.1, -0.05) is 30.3 Å². The zero-order chi connectivity index (χ0) is 9.31. The van der Waals surface area contributed by atoms with Crippen molar-refractivity contribution in [2.24, 2.45) is 5.41 Å². The molecular weight excluding hydrogens is 162 g/mol. The lowest BCUT2D eigenvalue weighted by Crippen LogP contribution is -2.56. The van der Waals surface area contributed by atoms with E-state index in [1.54, 1.807) is 0 Å².